The lowest BCUT2D eigenvalue weighted by atomic mass is 10.1. The average Bonchev–Trinajstić information content (AvgIpc) is 3.14. The van der Waals surface area contributed by atoms with Crippen molar-refractivity contribution in [1.29, 1.82) is 0 Å². The fraction of sp³-hybridized carbons (Fsp3) is 0.318. The molecule has 3 rings (SSSR count). The Hall–Kier alpha value is -2.49. The van der Waals surface area contributed by atoms with Crippen LogP contribution in [0.4, 0.5) is 10.8 Å². The van der Waals surface area contributed by atoms with Crippen molar-refractivity contribution in [2.45, 2.75) is 46.4 Å². The number of aromatic nitrogens is 3. The highest BCUT2D eigenvalue weighted by molar-refractivity contribution is 7.99. The van der Waals surface area contributed by atoms with Gasteiger partial charge < -0.3 is 4.74 Å². The number of thioether (sulfide) groups is 1. The lowest BCUT2D eigenvalue weighted by Gasteiger charge is -2.22. The molecular weight excluding hydrogens is 468 g/mol. The fourth-order valence-electron chi connectivity index (χ4n) is 3.12. The van der Waals surface area contributed by atoms with E-state index in [1.54, 1.807) is 5.38 Å². The second kappa shape index (κ2) is 10.4. The Morgan fingerprint density at radius 2 is 1.78 bits per heavy atom. The number of amides is 1. The maximum atomic E-state index is 12.4. The second-order valence-corrected chi connectivity index (χ2v) is 9.46. The molecule has 0 fully saturated rings. The number of thiazole rings is 1. The number of benzene rings is 1. The van der Waals surface area contributed by atoms with Gasteiger partial charge >= 0.3 is 5.97 Å². The van der Waals surface area contributed by atoms with Crippen molar-refractivity contribution in [3.05, 3.63) is 56.8 Å². The van der Waals surface area contributed by atoms with Gasteiger partial charge in [-0.05, 0) is 51.0 Å². The van der Waals surface area contributed by atoms with Crippen molar-refractivity contribution in [2.24, 2.45) is 0 Å². The summed E-state index contributed by atoms with van der Waals surface area (Å²) in [5.41, 5.74) is 4.74. The van der Waals surface area contributed by atoms with E-state index in [4.69, 9.17) is 16.3 Å². The third kappa shape index (κ3) is 6.05. The van der Waals surface area contributed by atoms with E-state index in [0.29, 0.717) is 26.7 Å². The summed E-state index contributed by atoms with van der Waals surface area (Å²) in [5.74, 6) is -0.507. The lowest BCUT2D eigenvalue weighted by Crippen LogP contribution is -2.24. The number of anilines is 2. The number of esters is 1. The smallest absolute Gasteiger partial charge is 0.316 e. The van der Waals surface area contributed by atoms with E-state index in [1.165, 1.54) is 34.9 Å². The van der Waals surface area contributed by atoms with E-state index < -0.39 is 5.97 Å². The quantitative estimate of drug-likeness (QED) is 0.251. The highest BCUT2D eigenvalue weighted by atomic mass is 35.5. The summed E-state index contributed by atoms with van der Waals surface area (Å²) in [6.45, 7) is 9.08. The zero-order valence-electron chi connectivity index (χ0n) is 18.4. The maximum Gasteiger partial charge on any atom is 0.316 e. The summed E-state index contributed by atoms with van der Waals surface area (Å²) >= 11 is 8.95. The molecule has 3 aromatic rings. The number of halogens is 1. The molecule has 0 saturated heterocycles. The third-order valence-corrected chi connectivity index (χ3v) is 6.31. The molecule has 7 nitrogen and oxygen atoms in total. The first kappa shape index (κ1) is 24.2. The van der Waals surface area contributed by atoms with Crippen molar-refractivity contribution in [3.63, 3.8) is 0 Å². The van der Waals surface area contributed by atoms with Crippen LogP contribution in [0.15, 0.2) is 28.7 Å². The van der Waals surface area contributed by atoms with Crippen LogP contribution in [0, 0.1) is 27.7 Å². The second-order valence-electron chi connectivity index (χ2n) is 7.27. The molecule has 1 aromatic carbocycles. The summed E-state index contributed by atoms with van der Waals surface area (Å²) in [6.07, 6.45) is 0. The van der Waals surface area contributed by atoms with E-state index >= 15 is 0 Å². The molecule has 32 heavy (non-hydrogen) atoms. The van der Waals surface area contributed by atoms with E-state index in [2.05, 4.69) is 15.0 Å². The predicted octanol–water partition coefficient (Wildman–Crippen LogP) is 5.34. The molecule has 0 unspecified atom stereocenters. The van der Waals surface area contributed by atoms with Crippen molar-refractivity contribution in [1.82, 2.24) is 15.0 Å². The first-order chi connectivity index (χ1) is 15.1. The largest absolute Gasteiger partial charge is 0.459 e. The van der Waals surface area contributed by atoms with Crippen LogP contribution in [0.5, 0.6) is 0 Å². The zero-order valence-corrected chi connectivity index (χ0v) is 20.8. The Balaban J connectivity index is 1.65. The molecule has 2 heterocycles. The minimum atomic E-state index is -0.395. The van der Waals surface area contributed by atoms with Crippen LogP contribution >= 0.6 is 34.7 Å². The Morgan fingerprint density at radius 3 is 2.41 bits per heavy atom. The summed E-state index contributed by atoms with van der Waals surface area (Å²) in [6, 6.07) is 5.65. The maximum absolute atomic E-state index is 12.4. The highest BCUT2D eigenvalue weighted by Crippen LogP contribution is 2.37. The van der Waals surface area contributed by atoms with Crippen LogP contribution in [0.2, 0.25) is 5.02 Å². The number of rotatable bonds is 7. The summed E-state index contributed by atoms with van der Waals surface area (Å²) in [4.78, 5) is 39.1. The Morgan fingerprint density at radius 1 is 1.09 bits per heavy atom. The van der Waals surface area contributed by atoms with Crippen LogP contribution in [0.3, 0.4) is 0 Å². The minimum Gasteiger partial charge on any atom is -0.459 e. The fourth-order valence-corrected chi connectivity index (χ4v) is 5.13. The van der Waals surface area contributed by atoms with Crippen LogP contribution in [-0.2, 0) is 20.9 Å². The number of carbonyl (C=O) groups excluding carboxylic acids is 2. The summed E-state index contributed by atoms with van der Waals surface area (Å²) in [7, 11) is 0. The van der Waals surface area contributed by atoms with Gasteiger partial charge in [0.15, 0.2) is 10.3 Å². The number of ether oxygens (including phenoxy) is 1. The molecule has 0 saturated carbocycles. The van der Waals surface area contributed by atoms with E-state index in [1.807, 2.05) is 45.9 Å². The van der Waals surface area contributed by atoms with E-state index in [9.17, 15) is 9.59 Å². The van der Waals surface area contributed by atoms with Crippen LogP contribution in [0.25, 0.3) is 0 Å². The Kier molecular flexibility index (Phi) is 7.86. The third-order valence-electron chi connectivity index (χ3n) is 4.33. The van der Waals surface area contributed by atoms with Gasteiger partial charge in [-0.25, -0.2) is 15.0 Å². The number of hydrogen-bond acceptors (Lipinski definition) is 8. The van der Waals surface area contributed by atoms with Gasteiger partial charge in [-0.1, -0.05) is 29.4 Å². The molecule has 0 spiro atoms. The van der Waals surface area contributed by atoms with Crippen molar-refractivity contribution < 1.29 is 14.3 Å². The molecule has 0 aliphatic carbocycles. The molecule has 0 aliphatic rings. The van der Waals surface area contributed by atoms with Crippen molar-refractivity contribution in [2.75, 3.05) is 10.7 Å². The summed E-state index contributed by atoms with van der Waals surface area (Å²) < 4.78 is 5.33. The predicted molar refractivity (Wildman–Crippen MR) is 128 cm³/mol. The molecule has 0 aliphatic heterocycles. The van der Waals surface area contributed by atoms with Gasteiger partial charge in [0, 0.05) is 23.7 Å². The SMILES string of the molecule is CC(=O)N(c1nc(COC(=O)CSc2nc(C)cc(C)n2)cs1)c1c(C)cc(C)cc1Cl. The minimum absolute atomic E-state index is 0.00987. The van der Waals surface area contributed by atoms with Crippen LogP contribution in [0.1, 0.15) is 35.1 Å². The van der Waals surface area contributed by atoms with Gasteiger partial charge in [0.2, 0.25) is 5.91 Å². The van der Waals surface area contributed by atoms with E-state index in [0.717, 1.165) is 22.5 Å². The van der Waals surface area contributed by atoms with Crippen LogP contribution < -0.4 is 4.90 Å². The number of hydrogen-bond donors (Lipinski definition) is 0. The molecule has 0 N–H and O–H groups in total. The molecule has 1 amide bonds. The van der Waals surface area contributed by atoms with Gasteiger partial charge in [-0.3, -0.25) is 14.5 Å². The lowest BCUT2D eigenvalue weighted by molar-refractivity contribution is -0.141. The molecule has 168 valence electrons. The normalized spacial score (nSPS) is 10.8. The molecule has 0 atom stereocenters. The standard InChI is InChI=1S/C22H23ClN4O3S2/c1-12-6-13(2)20(18(23)7-12)27(16(5)28)22-26-17(10-32-22)9-30-19(29)11-31-21-24-14(3)8-15(4)25-21/h6-8,10H,9,11H2,1-5H3. The molecule has 0 radical (unpaired) electrons. The molecule has 0 bridgehead atoms. The molecular formula is C22H23ClN4O3S2. The average molecular weight is 491 g/mol. The van der Waals surface area contributed by atoms with Gasteiger partial charge in [-0.2, -0.15) is 0 Å². The van der Waals surface area contributed by atoms with Crippen LogP contribution in [-0.4, -0.2) is 32.6 Å². The van der Waals surface area contributed by atoms with E-state index in [-0.39, 0.29) is 18.3 Å². The Bertz CT molecular complexity index is 1120. The summed E-state index contributed by atoms with van der Waals surface area (Å²) in [5, 5.41) is 3.25. The zero-order chi connectivity index (χ0) is 23.4. The molecule has 2 aromatic heterocycles. The Labute approximate surface area is 200 Å². The number of nitrogens with zero attached hydrogens (tertiary/aromatic N) is 4. The van der Waals surface area contributed by atoms with Gasteiger partial charge in [0.05, 0.1) is 22.2 Å². The first-order valence-electron chi connectivity index (χ1n) is 9.76. The first-order valence-corrected chi connectivity index (χ1v) is 12.0. The number of carbonyl (C=O) groups is 2. The van der Waals surface area contributed by atoms with Gasteiger partial charge in [0.1, 0.15) is 6.61 Å². The number of aryl methyl sites for hydroxylation is 4. The molecule has 10 heteroatoms. The van der Waals surface area contributed by atoms with Gasteiger partial charge in [0.25, 0.3) is 0 Å². The van der Waals surface area contributed by atoms with Crippen molar-refractivity contribution in [3.8, 4) is 0 Å². The monoisotopic (exact) mass is 490 g/mol. The van der Waals surface area contributed by atoms with Crippen molar-refractivity contribution >= 4 is 57.4 Å². The highest BCUT2D eigenvalue weighted by Gasteiger charge is 2.23. The van der Waals surface area contributed by atoms with Gasteiger partial charge in [-0.15, -0.1) is 11.3 Å². The topological polar surface area (TPSA) is 85.3 Å².